The summed E-state index contributed by atoms with van der Waals surface area (Å²) in [4.78, 5) is 10.3. The number of hydrogen-bond donors (Lipinski definition) is 1. The molecule has 0 unspecified atom stereocenters. The lowest BCUT2D eigenvalue weighted by Gasteiger charge is -2.02. The Balaban J connectivity index is 2.68. The average Bonchev–Trinajstić information content (AvgIpc) is 2.07. The van der Waals surface area contributed by atoms with Crippen molar-refractivity contribution in [2.24, 2.45) is 0 Å². The predicted octanol–water partition coefficient (Wildman–Crippen LogP) is 2.62. The maximum absolute atomic E-state index is 10.3. The number of benzene rings is 1. The van der Waals surface area contributed by atoms with Crippen LogP contribution >= 0.6 is 22.6 Å². The van der Waals surface area contributed by atoms with Gasteiger partial charge in [0.15, 0.2) is 0 Å². The van der Waals surface area contributed by atoms with Gasteiger partial charge in [0, 0.05) is 9.99 Å². The van der Waals surface area contributed by atoms with Gasteiger partial charge in [-0.15, -0.1) is 0 Å². The Morgan fingerprint density at radius 2 is 2.23 bits per heavy atom. The summed E-state index contributed by atoms with van der Waals surface area (Å²) in [6.45, 7) is 2.03. The van der Waals surface area contributed by atoms with Gasteiger partial charge in [-0.05, 0) is 53.1 Å². The second-order valence-electron chi connectivity index (χ2n) is 2.98. The van der Waals surface area contributed by atoms with E-state index in [2.05, 4.69) is 22.6 Å². The van der Waals surface area contributed by atoms with Gasteiger partial charge in [-0.1, -0.05) is 12.1 Å². The van der Waals surface area contributed by atoms with Gasteiger partial charge in [0.2, 0.25) is 0 Å². The normalized spacial score (nSPS) is 10.0. The molecule has 1 rings (SSSR count). The van der Waals surface area contributed by atoms with Crippen molar-refractivity contribution in [2.45, 2.75) is 19.8 Å². The third kappa shape index (κ3) is 3.34. The molecule has 0 atom stereocenters. The molecule has 0 aliphatic heterocycles. The molecule has 2 nitrogen and oxygen atoms in total. The molecule has 0 saturated carbocycles. The van der Waals surface area contributed by atoms with Gasteiger partial charge in [0.25, 0.3) is 0 Å². The highest BCUT2D eigenvalue weighted by molar-refractivity contribution is 14.1. The fourth-order valence-corrected chi connectivity index (χ4v) is 1.45. The molecular weight excluding hydrogens is 279 g/mol. The first-order chi connectivity index (χ1) is 6.09. The molecule has 3 heteroatoms. The second kappa shape index (κ2) is 4.60. The third-order valence-electron chi connectivity index (χ3n) is 1.85. The van der Waals surface area contributed by atoms with Gasteiger partial charge in [0.05, 0.1) is 0 Å². The van der Waals surface area contributed by atoms with Crippen LogP contribution in [0.2, 0.25) is 0 Å². The van der Waals surface area contributed by atoms with Crippen LogP contribution < -0.4 is 0 Å². The summed E-state index contributed by atoms with van der Waals surface area (Å²) in [5, 5.41) is 8.50. The van der Waals surface area contributed by atoms with Crippen LogP contribution in [0.5, 0.6) is 0 Å². The van der Waals surface area contributed by atoms with Gasteiger partial charge >= 0.3 is 5.97 Å². The van der Waals surface area contributed by atoms with Crippen molar-refractivity contribution in [3.8, 4) is 0 Å². The van der Waals surface area contributed by atoms with E-state index < -0.39 is 5.97 Å². The first kappa shape index (κ1) is 10.5. The van der Waals surface area contributed by atoms with E-state index in [0.29, 0.717) is 6.42 Å². The number of carbonyl (C=O) groups is 1. The Morgan fingerprint density at radius 1 is 1.54 bits per heavy atom. The van der Waals surface area contributed by atoms with Crippen LogP contribution in [0.1, 0.15) is 17.5 Å². The first-order valence-electron chi connectivity index (χ1n) is 4.06. The summed E-state index contributed by atoms with van der Waals surface area (Å²) in [6, 6.07) is 6.05. The number of aliphatic carboxylic acids is 1. The molecule has 0 amide bonds. The summed E-state index contributed by atoms with van der Waals surface area (Å²) in [5.41, 5.74) is 2.31. The van der Waals surface area contributed by atoms with E-state index in [0.717, 1.165) is 5.56 Å². The third-order valence-corrected chi connectivity index (χ3v) is 3.06. The Morgan fingerprint density at radius 3 is 2.77 bits per heavy atom. The molecule has 1 N–H and O–H groups in total. The molecule has 0 heterocycles. The van der Waals surface area contributed by atoms with Crippen molar-refractivity contribution >= 4 is 28.6 Å². The Hall–Kier alpha value is -0.580. The lowest BCUT2D eigenvalue weighted by Crippen LogP contribution is -1.97. The zero-order valence-corrected chi connectivity index (χ0v) is 9.54. The van der Waals surface area contributed by atoms with E-state index in [9.17, 15) is 4.79 Å². The van der Waals surface area contributed by atoms with Crippen molar-refractivity contribution in [3.63, 3.8) is 0 Å². The average molecular weight is 290 g/mol. The Labute approximate surface area is 91.1 Å². The van der Waals surface area contributed by atoms with Crippen molar-refractivity contribution in [1.82, 2.24) is 0 Å². The minimum atomic E-state index is -0.740. The maximum atomic E-state index is 10.3. The van der Waals surface area contributed by atoms with Crippen molar-refractivity contribution in [1.29, 1.82) is 0 Å². The molecule has 0 radical (unpaired) electrons. The molecule has 0 fully saturated rings. The molecule has 1 aromatic rings. The van der Waals surface area contributed by atoms with E-state index in [1.807, 2.05) is 25.1 Å². The largest absolute Gasteiger partial charge is 0.481 e. The van der Waals surface area contributed by atoms with Crippen LogP contribution in [0.4, 0.5) is 0 Å². The number of hydrogen-bond acceptors (Lipinski definition) is 1. The van der Waals surface area contributed by atoms with E-state index in [1.165, 1.54) is 9.13 Å². The van der Waals surface area contributed by atoms with E-state index in [4.69, 9.17) is 5.11 Å². The summed E-state index contributed by atoms with van der Waals surface area (Å²) >= 11 is 2.27. The molecule has 0 spiro atoms. The highest BCUT2D eigenvalue weighted by atomic mass is 127. The zero-order valence-electron chi connectivity index (χ0n) is 7.38. The van der Waals surface area contributed by atoms with Crippen LogP contribution in [-0.4, -0.2) is 11.1 Å². The van der Waals surface area contributed by atoms with Crippen molar-refractivity contribution in [3.05, 3.63) is 32.9 Å². The SMILES string of the molecule is Cc1cc(CCC(=O)O)ccc1I. The van der Waals surface area contributed by atoms with Crippen molar-refractivity contribution < 1.29 is 9.90 Å². The molecule has 0 aromatic heterocycles. The molecule has 13 heavy (non-hydrogen) atoms. The lowest BCUT2D eigenvalue weighted by molar-refractivity contribution is -0.136. The number of aryl methyl sites for hydroxylation is 2. The minimum Gasteiger partial charge on any atom is -0.481 e. The van der Waals surface area contributed by atoms with Crippen molar-refractivity contribution in [2.75, 3.05) is 0 Å². The molecule has 0 aliphatic rings. The fraction of sp³-hybridized carbons (Fsp3) is 0.300. The molecule has 1 aromatic carbocycles. The summed E-state index contributed by atoms with van der Waals surface area (Å²) < 4.78 is 1.22. The van der Waals surface area contributed by atoms with Gasteiger partial charge in [-0.3, -0.25) is 4.79 Å². The fourth-order valence-electron chi connectivity index (χ4n) is 1.11. The molecule has 0 aliphatic carbocycles. The van der Waals surface area contributed by atoms with Crippen LogP contribution in [0, 0.1) is 10.5 Å². The topological polar surface area (TPSA) is 37.3 Å². The Kier molecular flexibility index (Phi) is 3.71. The number of rotatable bonds is 3. The van der Waals surface area contributed by atoms with Crippen LogP contribution in [0.3, 0.4) is 0 Å². The van der Waals surface area contributed by atoms with Crippen LogP contribution in [0.25, 0.3) is 0 Å². The standard InChI is InChI=1S/C10H11IO2/c1-7-6-8(2-4-9(7)11)3-5-10(12)13/h2,4,6H,3,5H2,1H3,(H,12,13). The molecular formula is C10H11IO2. The molecule has 0 bridgehead atoms. The zero-order chi connectivity index (χ0) is 9.84. The number of carboxylic acids is 1. The smallest absolute Gasteiger partial charge is 0.303 e. The molecule has 70 valence electrons. The number of halogens is 1. The quantitative estimate of drug-likeness (QED) is 0.869. The van der Waals surface area contributed by atoms with E-state index in [-0.39, 0.29) is 6.42 Å². The van der Waals surface area contributed by atoms with Gasteiger partial charge < -0.3 is 5.11 Å². The van der Waals surface area contributed by atoms with Crippen LogP contribution in [0.15, 0.2) is 18.2 Å². The minimum absolute atomic E-state index is 0.208. The Bertz CT molecular complexity index is 321. The lowest BCUT2D eigenvalue weighted by atomic mass is 10.1. The second-order valence-corrected chi connectivity index (χ2v) is 4.14. The summed E-state index contributed by atoms with van der Waals surface area (Å²) in [5.74, 6) is -0.740. The highest BCUT2D eigenvalue weighted by Gasteiger charge is 2.00. The van der Waals surface area contributed by atoms with Gasteiger partial charge in [0.1, 0.15) is 0 Å². The van der Waals surface area contributed by atoms with Crippen LogP contribution in [-0.2, 0) is 11.2 Å². The monoisotopic (exact) mass is 290 g/mol. The first-order valence-corrected chi connectivity index (χ1v) is 5.14. The van der Waals surface area contributed by atoms with E-state index in [1.54, 1.807) is 0 Å². The summed E-state index contributed by atoms with van der Waals surface area (Å²) in [7, 11) is 0. The maximum Gasteiger partial charge on any atom is 0.303 e. The summed E-state index contributed by atoms with van der Waals surface area (Å²) in [6.07, 6.45) is 0.827. The number of carboxylic acid groups (broad SMARTS) is 1. The predicted molar refractivity (Wildman–Crippen MR) is 59.9 cm³/mol. The molecule has 0 saturated heterocycles. The van der Waals surface area contributed by atoms with E-state index >= 15 is 0 Å². The van der Waals surface area contributed by atoms with Gasteiger partial charge in [-0.2, -0.15) is 0 Å². The highest BCUT2D eigenvalue weighted by Crippen LogP contribution is 2.14. The van der Waals surface area contributed by atoms with Gasteiger partial charge in [-0.25, -0.2) is 0 Å².